The van der Waals surface area contributed by atoms with Crippen molar-refractivity contribution < 1.29 is 38.3 Å². The summed E-state index contributed by atoms with van der Waals surface area (Å²) < 4.78 is 39.0. The Hall–Kier alpha value is -3.00. The Morgan fingerprint density at radius 1 is 0.625 bits per heavy atom. The summed E-state index contributed by atoms with van der Waals surface area (Å²) in [4.78, 5) is 0. The van der Waals surface area contributed by atoms with Crippen molar-refractivity contribution in [3.63, 3.8) is 0 Å². The van der Waals surface area contributed by atoms with E-state index in [4.69, 9.17) is 5.26 Å². The second kappa shape index (κ2) is 24.3. The first-order valence-corrected chi connectivity index (χ1v) is 9.08. The standard InChI is InChI=1S/2C9H8.C5H5.C2H3N.BF4.Mo/c2*1-2-6-9-7-4-3-5-8-9;1-2-4-5-3-1;1-2-3;2-1(3,4)5;/h2*3-5,7-8H,1H3;1-5H;1H3;;/q;;;;-1;+2. The topological polar surface area (TPSA) is 23.8 Å². The third-order valence-corrected chi connectivity index (χ3v) is 2.64. The maximum atomic E-state index is 9.75. The van der Waals surface area contributed by atoms with E-state index >= 15 is 0 Å². The van der Waals surface area contributed by atoms with Crippen LogP contribution in [0, 0.1) is 41.4 Å². The van der Waals surface area contributed by atoms with Crippen LogP contribution in [0.5, 0.6) is 0 Å². The third kappa shape index (κ3) is 31.7. The van der Waals surface area contributed by atoms with E-state index < -0.39 is 7.25 Å². The SMILES string of the molecule is CC#Cc1ccccc1.CC#Cc1ccccc1.CC#N.F[B-](F)(F)F.[CH]1C=CC=C1.[Mo+2]. The Morgan fingerprint density at radius 2 is 0.906 bits per heavy atom. The molecule has 0 aliphatic heterocycles. The van der Waals surface area contributed by atoms with E-state index in [-0.39, 0.29) is 21.1 Å². The predicted molar refractivity (Wildman–Crippen MR) is 122 cm³/mol. The normalized spacial score (nSPS) is 9.19. The van der Waals surface area contributed by atoms with E-state index in [0.717, 1.165) is 11.1 Å². The van der Waals surface area contributed by atoms with Crippen molar-refractivity contribution >= 4 is 7.25 Å². The molecule has 1 aliphatic carbocycles. The van der Waals surface area contributed by atoms with Crippen molar-refractivity contribution in [3.8, 4) is 29.8 Å². The minimum absolute atomic E-state index is 0. The van der Waals surface area contributed by atoms with Gasteiger partial charge >= 0.3 is 28.3 Å². The van der Waals surface area contributed by atoms with Gasteiger partial charge in [-0.25, -0.2) is 0 Å². The number of hydrogen-bond donors (Lipinski definition) is 0. The zero-order chi connectivity index (χ0) is 23.8. The second-order valence-corrected chi connectivity index (χ2v) is 5.16. The summed E-state index contributed by atoms with van der Waals surface area (Å²) >= 11 is 0. The Bertz CT molecular complexity index is 840. The minimum Gasteiger partial charge on any atom is -0.418 e. The van der Waals surface area contributed by atoms with Crippen LogP contribution < -0.4 is 0 Å². The van der Waals surface area contributed by atoms with Gasteiger partial charge < -0.3 is 17.3 Å². The van der Waals surface area contributed by atoms with Gasteiger partial charge in [-0.1, -0.05) is 72.5 Å². The molecular formula is C25H24BF4MoN+. The molecule has 2 aromatic rings. The van der Waals surface area contributed by atoms with E-state index in [1.54, 1.807) is 6.07 Å². The van der Waals surface area contributed by atoms with Gasteiger partial charge in [0.15, 0.2) is 0 Å². The summed E-state index contributed by atoms with van der Waals surface area (Å²) in [6.45, 7) is 5.11. The largest absolute Gasteiger partial charge is 2.00 e. The molecule has 0 aromatic heterocycles. The monoisotopic (exact) mass is 523 g/mol. The maximum Gasteiger partial charge on any atom is 2.00 e. The fraction of sp³-hybridized carbons (Fsp3) is 0.120. The number of nitriles is 1. The Balaban J connectivity index is -0.000000344. The molecule has 0 amide bonds. The van der Waals surface area contributed by atoms with Crippen LogP contribution in [0.4, 0.5) is 17.3 Å². The minimum atomic E-state index is -6.00. The van der Waals surface area contributed by atoms with Gasteiger partial charge in [0.1, 0.15) is 0 Å². The fourth-order valence-corrected chi connectivity index (χ4v) is 1.65. The van der Waals surface area contributed by atoms with Crippen molar-refractivity contribution in [2.75, 3.05) is 0 Å². The van der Waals surface area contributed by atoms with Gasteiger partial charge in [0.2, 0.25) is 0 Å². The number of rotatable bonds is 0. The first-order chi connectivity index (χ1) is 14.8. The Labute approximate surface area is 203 Å². The van der Waals surface area contributed by atoms with E-state index in [1.807, 2.05) is 105 Å². The summed E-state index contributed by atoms with van der Waals surface area (Å²) in [5, 5.41) is 7.32. The van der Waals surface area contributed by atoms with E-state index in [0.29, 0.717) is 0 Å². The summed E-state index contributed by atoms with van der Waals surface area (Å²) in [6.07, 6.45) is 10.0. The first-order valence-electron chi connectivity index (χ1n) is 9.08. The number of benzene rings is 2. The van der Waals surface area contributed by atoms with Crippen molar-refractivity contribution in [1.29, 1.82) is 5.26 Å². The summed E-state index contributed by atoms with van der Waals surface area (Å²) in [6, 6.07) is 21.7. The number of nitrogens with zero attached hydrogens (tertiary/aromatic N) is 1. The molecule has 0 atom stereocenters. The molecule has 0 fully saturated rings. The van der Waals surface area contributed by atoms with Crippen LogP contribution in [0.25, 0.3) is 0 Å². The number of allylic oxidation sites excluding steroid dienone is 4. The van der Waals surface area contributed by atoms with Gasteiger partial charge in [-0.05, 0) is 38.1 Å². The summed E-state index contributed by atoms with van der Waals surface area (Å²) in [5.74, 6) is 11.6. The summed E-state index contributed by atoms with van der Waals surface area (Å²) in [7, 11) is -6.00. The molecule has 0 saturated carbocycles. The van der Waals surface area contributed by atoms with Gasteiger partial charge in [-0.2, -0.15) is 5.26 Å². The predicted octanol–water partition coefficient (Wildman–Crippen LogP) is 7.26. The molecule has 2 aromatic carbocycles. The molecule has 32 heavy (non-hydrogen) atoms. The molecule has 0 unspecified atom stereocenters. The third-order valence-electron chi connectivity index (χ3n) is 2.64. The maximum absolute atomic E-state index is 9.75. The van der Waals surface area contributed by atoms with Crippen LogP contribution in [-0.2, 0) is 21.1 Å². The molecule has 0 spiro atoms. The molecular weight excluding hydrogens is 497 g/mol. The number of hydrogen-bond acceptors (Lipinski definition) is 1. The molecule has 0 N–H and O–H groups in total. The molecule has 1 aliphatic rings. The summed E-state index contributed by atoms with van der Waals surface area (Å²) in [5.41, 5.74) is 2.17. The zero-order valence-corrected chi connectivity index (χ0v) is 20.1. The molecule has 1 nitrogen and oxygen atoms in total. The van der Waals surface area contributed by atoms with Crippen LogP contribution in [0.3, 0.4) is 0 Å². The van der Waals surface area contributed by atoms with Gasteiger partial charge in [0.25, 0.3) is 0 Å². The second-order valence-electron chi connectivity index (χ2n) is 5.16. The average molecular weight is 521 g/mol. The van der Waals surface area contributed by atoms with Gasteiger partial charge in [-0.3, -0.25) is 0 Å². The van der Waals surface area contributed by atoms with Gasteiger partial charge in [0, 0.05) is 24.5 Å². The van der Waals surface area contributed by atoms with Crippen LogP contribution in [0.1, 0.15) is 31.9 Å². The van der Waals surface area contributed by atoms with Crippen molar-refractivity contribution in [2.45, 2.75) is 20.8 Å². The molecule has 7 heteroatoms. The molecule has 0 bridgehead atoms. The van der Waals surface area contributed by atoms with E-state index in [9.17, 15) is 17.3 Å². The van der Waals surface area contributed by atoms with Crippen LogP contribution >= 0.6 is 0 Å². The van der Waals surface area contributed by atoms with E-state index in [1.165, 1.54) is 6.92 Å². The molecule has 165 valence electrons. The van der Waals surface area contributed by atoms with Crippen LogP contribution in [-0.4, -0.2) is 7.25 Å². The Kier molecular flexibility index (Phi) is 25.5. The van der Waals surface area contributed by atoms with Crippen molar-refractivity contribution in [1.82, 2.24) is 0 Å². The molecule has 1 radical (unpaired) electrons. The van der Waals surface area contributed by atoms with Crippen LogP contribution in [0.2, 0.25) is 0 Å². The smallest absolute Gasteiger partial charge is 0.418 e. The average Bonchev–Trinajstić information content (AvgIpc) is 3.30. The van der Waals surface area contributed by atoms with Gasteiger partial charge in [0.05, 0.1) is 6.07 Å². The van der Waals surface area contributed by atoms with E-state index in [2.05, 4.69) is 23.7 Å². The van der Waals surface area contributed by atoms with Gasteiger partial charge in [-0.15, -0.1) is 11.8 Å². The fourth-order valence-electron chi connectivity index (χ4n) is 1.65. The van der Waals surface area contributed by atoms with Crippen molar-refractivity contribution in [3.05, 3.63) is 103 Å². The molecule has 3 rings (SSSR count). The quantitative estimate of drug-likeness (QED) is 0.204. The zero-order valence-electron chi connectivity index (χ0n) is 18.1. The molecule has 0 saturated heterocycles. The number of halogens is 4. The van der Waals surface area contributed by atoms with Crippen LogP contribution in [0.15, 0.2) is 85.0 Å². The Morgan fingerprint density at radius 3 is 1.09 bits per heavy atom. The first kappa shape index (κ1) is 33.6. The molecule has 0 heterocycles. The van der Waals surface area contributed by atoms with Crippen molar-refractivity contribution in [2.24, 2.45) is 0 Å².